The topological polar surface area (TPSA) is 111 Å². The fraction of sp³-hybridized carbons (Fsp3) is 0.130. The summed E-state index contributed by atoms with van der Waals surface area (Å²) < 4.78 is 37.8. The SMILES string of the molecule is COc1ccc(NS(=O)(=O)c2ccc(C(=O)OC(C)C(=O)Nc3ccc(Cl)cc3)cc2)cc1. The van der Waals surface area contributed by atoms with Gasteiger partial charge in [-0.25, -0.2) is 13.2 Å². The van der Waals surface area contributed by atoms with E-state index in [1.54, 1.807) is 48.5 Å². The first kappa shape index (κ1) is 24.1. The van der Waals surface area contributed by atoms with E-state index in [0.29, 0.717) is 22.1 Å². The second kappa shape index (κ2) is 10.4. The zero-order valence-corrected chi connectivity index (χ0v) is 19.3. The summed E-state index contributed by atoms with van der Waals surface area (Å²) in [5.74, 6) is -0.689. The minimum Gasteiger partial charge on any atom is -0.497 e. The average Bonchev–Trinajstić information content (AvgIpc) is 2.80. The van der Waals surface area contributed by atoms with E-state index in [4.69, 9.17) is 21.1 Å². The van der Waals surface area contributed by atoms with Gasteiger partial charge in [0, 0.05) is 16.4 Å². The number of halogens is 1. The second-order valence-electron chi connectivity index (χ2n) is 6.90. The van der Waals surface area contributed by atoms with E-state index in [9.17, 15) is 18.0 Å². The van der Waals surface area contributed by atoms with Crippen LogP contribution in [0.15, 0.2) is 77.7 Å². The number of benzene rings is 3. The largest absolute Gasteiger partial charge is 0.497 e. The Morgan fingerprint density at radius 3 is 2.03 bits per heavy atom. The zero-order chi connectivity index (χ0) is 24.0. The molecule has 10 heteroatoms. The molecule has 3 rings (SSSR count). The van der Waals surface area contributed by atoms with Gasteiger partial charge in [0.15, 0.2) is 6.10 Å². The van der Waals surface area contributed by atoms with E-state index in [-0.39, 0.29) is 10.5 Å². The minimum absolute atomic E-state index is 0.0385. The van der Waals surface area contributed by atoms with Gasteiger partial charge in [0.2, 0.25) is 0 Å². The van der Waals surface area contributed by atoms with Crippen LogP contribution in [0.3, 0.4) is 0 Å². The number of hydrogen-bond acceptors (Lipinski definition) is 6. The van der Waals surface area contributed by atoms with Gasteiger partial charge in [-0.05, 0) is 79.7 Å². The molecular formula is C23H21ClN2O6S. The Hall–Kier alpha value is -3.56. The van der Waals surface area contributed by atoms with E-state index >= 15 is 0 Å². The molecule has 0 spiro atoms. The highest BCUT2D eigenvalue weighted by atomic mass is 35.5. The van der Waals surface area contributed by atoms with Gasteiger partial charge >= 0.3 is 5.97 Å². The highest BCUT2D eigenvalue weighted by Crippen LogP contribution is 2.20. The highest BCUT2D eigenvalue weighted by Gasteiger charge is 2.20. The molecule has 3 aromatic carbocycles. The van der Waals surface area contributed by atoms with Crippen LogP contribution in [0.2, 0.25) is 5.02 Å². The van der Waals surface area contributed by atoms with Crippen LogP contribution in [0.5, 0.6) is 5.75 Å². The molecule has 0 heterocycles. The Kier molecular flexibility index (Phi) is 7.57. The smallest absolute Gasteiger partial charge is 0.338 e. The number of rotatable bonds is 8. The van der Waals surface area contributed by atoms with Crippen molar-refractivity contribution in [2.24, 2.45) is 0 Å². The van der Waals surface area contributed by atoms with Crippen LogP contribution in [0, 0.1) is 0 Å². The lowest BCUT2D eigenvalue weighted by Gasteiger charge is -2.14. The first-order valence-corrected chi connectivity index (χ1v) is 11.6. The van der Waals surface area contributed by atoms with Gasteiger partial charge in [0.05, 0.1) is 17.6 Å². The number of hydrogen-bond donors (Lipinski definition) is 2. The molecule has 0 fully saturated rings. The van der Waals surface area contributed by atoms with Crippen molar-refractivity contribution >= 4 is 44.9 Å². The Morgan fingerprint density at radius 2 is 1.45 bits per heavy atom. The third-order valence-electron chi connectivity index (χ3n) is 4.51. The molecule has 0 aliphatic heterocycles. The van der Waals surface area contributed by atoms with Gasteiger partial charge in [0.1, 0.15) is 5.75 Å². The summed E-state index contributed by atoms with van der Waals surface area (Å²) in [6.45, 7) is 1.43. The second-order valence-corrected chi connectivity index (χ2v) is 9.02. The molecule has 0 saturated heterocycles. The molecule has 1 amide bonds. The highest BCUT2D eigenvalue weighted by molar-refractivity contribution is 7.92. The van der Waals surface area contributed by atoms with Crippen LogP contribution >= 0.6 is 11.6 Å². The van der Waals surface area contributed by atoms with Crippen molar-refractivity contribution in [1.29, 1.82) is 0 Å². The summed E-state index contributed by atoms with van der Waals surface area (Å²) in [5, 5.41) is 3.14. The number of sulfonamides is 1. The van der Waals surface area contributed by atoms with Crippen molar-refractivity contribution in [2.45, 2.75) is 17.9 Å². The fourth-order valence-electron chi connectivity index (χ4n) is 2.70. The fourth-order valence-corrected chi connectivity index (χ4v) is 3.89. The Labute approximate surface area is 196 Å². The lowest BCUT2D eigenvalue weighted by Crippen LogP contribution is -2.30. The van der Waals surface area contributed by atoms with Gasteiger partial charge < -0.3 is 14.8 Å². The zero-order valence-electron chi connectivity index (χ0n) is 17.7. The van der Waals surface area contributed by atoms with Crippen molar-refractivity contribution < 1.29 is 27.5 Å². The molecule has 172 valence electrons. The molecular weight excluding hydrogens is 468 g/mol. The Balaban J connectivity index is 1.61. The van der Waals surface area contributed by atoms with E-state index in [2.05, 4.69) is 10.0 Å². The number of methoxy groups -OCH3 is 1. The maximum atomic E-state index is 12.6. The van der Waals surface area contributed by atoms with Gasteiger partial charge in [-0.2, -0.15) is 0 Å². The number of esters is 1. The molecule has 1 atom stereocenters. The predicted octanol–water partition coefficient (Wildman–Crippen LogP) is 4.33. The lowest BCUT2D eigenvalue weighted by molar-refractivity contribution is -0.123. The summed E-state index contributed by atoms with van der Waals surface area (Å²) in [7, 11) is -2.35. The summed E-state index contributed by atoms with van der Waals surface area (Å²) >= 11 is 5.81. The van der Waals surface area contributed by atoms with Crippen molar-refractivity contribution in [3.8, 4) is 5.75 Å². The van der Waals surface area contributed by atoms with E-state index in [1.165, 1.54) is 38.3 Å². The van der Waals surface area contributed by atoms with Crippen LogP contribution in [-0.2, 0) is 19.6 Å². The summed E-state index contributed by atoms with van der Waals surface area (Å²) in [6, 6.07) is 18.0. The van der Waals surface area contributed by atoms with Crippen LogP contribution in [0.1, 0.15) is 17.3 Å². The standard InChI is InChI=1S/C23H21ClN2O6S/c1-15(22(27)25-18-7-5-17(24)6-8-18)32-23(28)16-3-13-21(14-4-16)33(29,30)26-19-9-11-20(31-2)12-10-19/h3-15,26H,1-2H3,(H,25,27). The lowest BCUT2D eigenvalue weighted by atomic mass is 10.2. The van der Waals surface area contributed by atoms with Crippen LogP contribution in [0.25, 0.3) is 0 Å². The minimum atomic E-state index is -3.87. The summed E-state index contributed by atoms with van der Waals surface area (Å²) in [6.07, 6.45) is -1.08. The van der Waals surface area contributed by atoms with Crippen LogP contribution in [-0.4, -0.2) is 33.5 Å². The molecule has 0 aliphatic rings. The van der Waals surface area contributed by atoms with Gasteiger partial charge in [0.25, 0.3) is 15.9 Å². The number of nitrogens with one attached hydrogen (secondary N) is 2. The van der Waals surface area contributed by atoms with Crippen molar-refractivity contribution in [3.63, 3.8) is 0 Å². The van der Waals surface area contributed by atoms with E-state index in [1.807, 2.05) is 0 Å². The average molecular weight is 489 g/mol. The Bertz CT molecular complexity index is 1230. The number of carbonyl (C=O) groups is 2. The normalized spacial score (nSPS) is 11.8. The predicted molar refractivity (Wildman–Crippen MR) is 125 cm³/mol. The summed E-state index contributed by atoms with van der Waals surface area (Å²) in [5.41, 5.74) is 0.968. The Morgan fingerprint density at radius 1 is 0.879 bits per heavy atom. The number of anilines is 2. The van der Waals surface area contributed by atoms with Gasteiger partial charge in [-0.1, -0.05) is 11.6 Å². The van der Waals surface area contributed by atoms with Crippen molar-refractivity contribution in [2.75, 3.05) is 17.1 Å². The monoisotopic (exact) mass is 488 g/mol. The molecule has 8 nitrogen and oxygen atoms in total. The number of ether oxygens (including phenoxy) is 2. The molecule has 1 unspecified atom stereocenters. The van der Waals surface area contributed by atoms with E-state index in [0.717, 1.165) is 0 Å². The first-order chi connectivity index (χ1) is 15.7. The molecule has 0 radical (unpaired) electrons. The first-order valence-electron chi connectivity index (χ1n) is 9.72. The molecule has 33 heavy (non-hydrogen) atoms. The number of amides is 1. The van der Waals surface area contributed by atoms with Crippen LogP contribution < -0.4 is 14.8 Å². The van der Waals surface area contributed by atoms with Gasteiger partial charge in [-0.3, -0.25) is 9.52 Å². The van der Waals surface area contributed by atoms with Crippen LogP contribution in [0.4, 0.5) is 11.4 Å². The quantitative estimate of drug-likeness (QED) is 0.456. The van der Waals surface area contributed by atoms with Gasteiger partial charge in [-0.15, -0.1) is 0 Å². The molecule has 3 aromatic rings. The molecule has 0 saturated carbocycles. The van der Waals surface area contributed by atoms with E-state index < -0.39 is 28.0 Å². The molecule has 0 aliphatic carbocycles. The summed E-state index contributed by atoms with van der Waals surface area (Å²) in [4.78, 5) is 24.6. The van der Waals surface area contributed by atoms with Crippen molar-refractivity contribution in [3.05, 3.63) is 83.4 Å². The molecule has 0 aromatic heterocycles. The third kappa shape index (κ3) is 6.47. The van der Waals surface area contributed by atoms with Crippen molar-refractivity contribution in [1.82, 2.24) is 0 Å². The number of carbonyl (C=O) groups excluding carboxylic acids is 2. The third-order valence-corrected chi connectivity index (χ3v) is 6.16. The maximum Gasteiger partial charge on any atom is 0.338 e. The maximum absolute atomic E-state index is 12.6. The molecule has 0 bridgehead atoms. The molecule has 2 N–H and O–H groups in total.